The van der Waals surface area contributed by atoms with Gasteiger partial charge in [0.25, 0.3) is 0 Å². The van der Waals surface area contributed by atoms with Gasteiger partial charge < -0.3 is 15.1 Å². The molecule has 3 aromatic rings. The number of hydrogen-bond donors (Lipinski definition) is 2. The standard InChI is InChI=1S/C19H22N4O2/c24-18(19(7-11-20-12-8-19)23-13-3-9-22-23)21-10-6-16-14-15-4-1-2-5-17(15)25-16/h1-5,9,13-14,20H,6-8,10-12H2,(H,21,24). The van der Waals surface area contributed by atoms with E-state index in [0.717, 1.165) is 42.7 Å². The fourth-order valence-corrected chi connectivity index (χ4v) is 3.55. The van der Waals surface area contributed by atoms with Crippen molar-refractivity contribution < 1.29 is 9.21 Å². The van der Waals surface area contributed by atoms with Crippen LogP contribution >= 0.6 is 0 Å². The van der Waals surface area contributed by atoms with Gasteiger partial charge in [-0.05, 0) is 44.1 Å². The fraction of sp³-hybridized carbons (Fsp3) is 0.368. The zero-order chi connectivity index (χ0) is 17.1. The molecule has 0 bridgehead atoms. The third kappa shape index (κ3) is 3.05. The summed E-state index contributed by atoms with van der Waals surface area (Å²) in [6.07, 6.45) is 5.76. The molecule has 1 amide bonds. The van der Waals surface area contributed by atoms with Gasteiger partial charge in [-0.3, -0.25) is 9.48 Å². The average molecular weight is 338 g/mol. The molecule has 0 saturated carbocycles. The number of carbonyl (C=O) groups is 1. The zero-order valence-electron chi connectivity index (χ0n) is 14.1. The fourth-order valence-electron chi connectivity index (χ4n) is 3.55. The number of piperidine rings is 1. The monoisotopic (exact) mass is 338 g/mol. The quantitative estimate of drug-likeness (QED) is 0.747. The number of fused-ring (bicyclic) bond motifs is 1. The number of para-hydroxylation sites is 1. The van der Waals surface area contributed by atoms with E-state index in [-0.39, 0.29) is 5.91 Å². The topological polar surface area (TPSA) is 72.1 Å². The van der Waals surface area contributed by atoms with E-state index in [4.69, 9.17) is 4.42 Å². The molecule has 0 unspecified atom stereocenters. The summed E-state index contributed by atoms with van der Waals surface area (Å²) in [5, 5.41) is 11.8. The molecule has 4 rings (SSSR count). The first kappa shape index (κ1) is 15.9. The van der Waals surface area contributed by atoms with Crippen LogP contribution in [0.25, 0.3) is 11.0 Å². The third-order valence-corrected chi connectivity index (χ3v) is 4.93. The summed E-state index contributed by atoms with van der Waals surface area (Å²) < 4.78 is 7.62. The summed E-state index contributed by atoms with van der Waals surface area (Å²) >= 11 is 0. The van der Waals surface area contributed by atoms with E-state index < -0.39 is 5.54 Å². The number of hydrogen-bond acceptors (Lipinski definition) is 4. The van der Waals surface area contributed by atoms with Crippen LogP contribution in [-0.2, 0) is 16.8 Å². The Morgan fingerprint density at radius 2 is 2.12 bits per heavy atom. The molecule has 130 valence electrons. The first-order valence-corrected chi connectivity index (χ1v) is 8.75. The molecule has 1 aliphatic rings. The van der Waals surface area contributed by atoms with Gasteiger partial charge in [-0.1, -0.05) is 18.2 Å². The number of benzene rings is 1. The number of rotatable bonds is 5. The molecule has 1 saturated heterocycles. The van der Waals surface area contributed by atoms with Crippen LogP contribution < -0.4 is 10.6 Å². The minimum absolute atomic E-state index is 0.0359. The number of aromatic nitrogens is 2. The summed E-state index contributed by atoms with van der Waals surface area (Å²) in [5.41, 5.74) is 0.290. The van der Waals surface area contributed by atoms with E-state index in [2.05, 4.69) is 15.7 Å². The van der Waals surface area contributed by atoms with Crippen molar-refractivity contribution in [2.45, 2.75) is 24.8 Å². The average Bonchev–Trinajstić information content (AvgIpc) is 3.32. The summed E-state index contributed by atoms with van der Waals surface area (Å²) in [7, 11) is 0. The minimum Gasteiger partial charge on any atom is -0.461 e. The van der Waals surface area contributed by atoms with Gasteiger partial charge in [-0.15, -0.1) is 0 Å². The molecule has 0 spiro atoms. The lowest BCUT2D eigenvalue weighted by molar-refractivity contribution is -0.131. The lowest BCUT2D eigenvalue weighted by Gasteiger charge is -2.36. The van der Waals surface area contributed by atoms with Crippen molar-refractivity contribution >= 4 is 16.9 Å². The molecule has 1 aliphatic heterocycles. The third-order valence-electron chi connectivity index (χ3n) is 4.93. The molecular weight excluding hydrogens is 316 g/mol. The van der Waals surface area contributed by atoms with E-state index in [1.54, 1.807) is 6.20 Å². The Balaban J connectivity index is 1.43. The van der Waals surface area contributed by atoms with Crippen molar-refractivity contribution in [1.82, 2.24) is 20.4 Å². The van der Waals surface area contributed by atoms with Gasteiger partial charge >= 0.3 is 0 Å². The van der Waals surface area contributed by atoms with Gasteiger partial charge in [0, 0.05) is 30.7 Å². The van der Waals surface area contributed by atoms with E-state index in [0.29, 0.717) is 13.0 Å². The molecule has 2 aromatic heterocycles. The Hall–Kier alpha value is -2.60. The Labute approximate surface area is 146 Å². The molecule has 0 atom stereocenters. The van der Waals surface area contributed by atoms with Crippen molar-refractivity contribution in [1.29, 1.82) is 0 Å². The van der Waals surface area contributed by atoms with Crippen LogP contribution in [0.2, 0.25) is 0 Å². The first-order valence-electron chi connectivity index (χ1n) is 8.75. The number of carbonyl (C=O) groups excluding carboxylic acids is 1. The van der Waals surface area contributed by atoms with Crippen molar-refractivity contribution in [3.05, 3.63) is 54.6 Å². The molecule has 1 aromatic carbocycles. The number of nitrogens with zero attached hydrogens (tertiary/aromatic N) is 2. The molecule has 1 fully saturated rings. The Bertz CT molecular complexity index is 814. The number of amides is 1. The SMILES string of the molecule is O=C(NCCc1cc2ccccc2o1)C1(n2cccn2)CCNCC1. The van der Waals surface area contributed by atoms with Crippen LogP contribution in [-0.4, -0.2) is 35.3 Å². The highest BCUT2D eigenvalue weighted by Crippen LogP contribution is 2.27. The second kappa shape index (κ2) is 6.72. The molecule has 0 aliphatic carbocycles. The zero-order valence-corrected chi connectivity index (χ0v) is 14.1. The van der Waals surface area contributed by atoms with Crippen molar-refractivity contribution in [2.24, 2.45) is 0 Å². The Morgan fingerprint density at radius 1 is 1.28 bits per heavy atom. The first-order chi connectivity index (χ1) is 12.3. The minimum atomic E-state index is -0.595. The summed E-state index contributed by atoms with van der Waals surface area (Å²) in [4.78, 5) is 13.0. The van der Waals surface area contributed by atoms with E-state index in [1.165, 1.54) is 0 Å². The predicted molar refractivity (Wildman–Crippen MR) is 95.2 cm³/mol. The van der Waals surface area contributed by atoms with Gasteiger partial charge in [0.15, 0.2) is 0 Å². The lowest BCUT2D eigenvalue weighted by atomic mass is 9.87. The van der Waals surface area contributed by atoms with E-state index in [9.17, 15) is 4.79 Å². The van der Waals surface area contributed by atoms with Crippen molar-refractivity contribution in [3.63, 3.8) is 0 Å². The van der Waals surface area contributed by atoms with Crippen molar-refractivity contribution in [3.8, 4) is 0 Å². The smallest absolute Gasteiger partial charge is 0.248 e. The summed E-state index contributed by atoms with van der Waals surface area (Å²) in [6, 6.07) is 11.8. The Morgan fingerprint density at radius 3 is 2.88 bits per heavy atom. The predicted octanol–water partition coefficient (Wildman–Crippen LogP) is 2.07. The van der Waals surface area contributed by atoms with E-state index >= 15 is 0 Å². The molecular formula is C19H22N4O2. The molecule has 2 N–H and O–H groups in total. The van der Waals surface area contributed by atoms with Gasteiger partial charge in [-0.2, -0.15) is 5.10 Å². The second-order valence-corrected chi connectivity index (χ2v) is 6.49. The lowest BCUT2D eigenvalue weighted by Crippen LogP contribution is -2.54. The Kier molecular flexibility index (Phi) is 4.28. The maximum atomic E-state index is 13.0. The van der Waals surface area contributed by atoms with Crippen LogP contribution in [0.5, 0.6) is 0 Å². The maximum absolute atomic E-state index is 13.0. The summed E-state index contributed by atoms with van der Waals surface area (Å²) in [6.45, 7) is 2.18. The van der Waals surface area contributed by atoms with Gasteiger partial charge in [0.05, 0.1) is 0 Å². The molecule has 25 heavy (non-hydrogen) atoms. The van der Waals surface area contributed by atoms with Gasteiger partial charge in [0.2, 0.25) is 5.91 Å². The maximum Gasteiger partial charge on any atom is 0.248 e. The second-order valence-electron chi connectivity index (χ2n) is 6.49. The van der Waals surface area contributed by atoms with Gasteiger partial charge in [-0.25, -0.2) is 0 Å². The van der Waals surface area contributed by atoms with Crippen LogP contribution in [0.4, 0.5) is 0 Å². The van der Waals surface area contributed by atoms with E-state index in [1.807, 2.05) is 47.3 Å². The largest absolute Gasteiger partial charge is 0.461 e. The van der Waals surface area contributed by atoms with Crippen molar-refractivity contribution in [2.75, 3.05) is 19.6 Å². The van der Waals surface area contributed by atoms with Crippen LogP contribution in [0.15, 0.2) is 53.2 Å². The van der Waals surface area contributed by atoms with Crippen LogP contribution in [0.3, 0.4) is 0 Å². The summed E-state index contributed by atoms with van der Waals surface area (Å²) in [5.74, 6) is 0.925. The highest BCUT2D eigenvalue weighted by atomic mass is 16.3. The van der Waals surface area contributed by atoms with Crippen LogP contribution in [0, 0.1) is 0 Å². The molecule has 6 nitrogen and oxygen atoms in total. The molecule has 6 heteroatoms. The number of furan rings is 1. The highest BCUT2D eigenvalue weighted by molar-refractivity contribution is 5.84. The normalized spacial score (nSPS) is 16.8. The van der Waals surface area contributed by atoms with Crippen LogP contribution in [0.1, 0.15) is 18.6 Å². The highest BCUT2D eigenvalue weighted by Gasteiger charge is 2.41. The van der Waals surface area contributed by atoms with Gasteiger partial charge in [0.1, 0.15) is 16.9 Å². The molecule has 0 radical (unpaired) electrons. The molecule has 3 heterocycles. The number of nitrogens with one attached hydrogen (secondary N) is 2.